The molecule has 0 atom stereocenters. The molecule has 13 heavy (non-hydrogen) atoms. The fourth-order valence-corrected chi connectivity index (χ4v) is 2.43. The lowest BCUT2D eigenvalue weighted by molar-refractivity contribution is 0.392. The molecule has 0 aliphatic rings. The van der Waals surface area contributed by atoms with Crippen LogP contribution in [0.3, 0.4) is 0 Å². The summed E-state index contributed by atoms with van der Waals surface area (Å²) in [5, 5.41) is 2.97. The van der Waals surface area contributed by atoms with Crippen LogP contribution in [0.25, 0.3) is 10.1 Å². The van der Waals surface area contributed by atoms with Crippen LogP contribution in [0, 0.1) is 5.82 Å². The Morgan fingerprint density at radius 3 is 2.92 bits per heavy atom. The first kappa shape index (κ1) is 8.78. The summed E-state index contributed by atoms with van der Waals surface area (Å²) in [6.45, 7) is 0. The SMILES string of the molecule is COc1c(F)ccc2scc(Cl)c12. The highest BCUT2D eigenvalue weighted by atomic mass is 35.5. The van der Waals surface area contributed by atoms with Gasteiger partial charge in [-0.25, -0.2) is 4.39 Å². The van der Waals surface area contributed by atoms with E-state index in [1.54, 1.807) is 11.4 Å². The molecule has 0 aliphatic carbocycles. The van der Waals surface area contributed by atoms with Crippen molar-refractivity contribution in [2.75, 3.05) is 7.11 Å². The molecule has 0 N–H and O–H groups in total. The fraction of sp³-hybridized carbons (Fsp3) is 0.111. The van der Waals surface area contributed by atoms with Gasteiger partial charge in [-0.2, -0.15) is 0 Å². The van der Waals surface area contributed by atoms with E-state index in [4.69, 9.17) is 16.3 Å². The quantitative estimate of drug-likeness (QED) is 0.706. The number of hydrogen-bond acceptors (Lipinski definition) is 2. The highest BCUT2D eigenvalue weighted by Crippen LogP contribution is 2.38. The Morgan fingerprint density at radius 2 is 2.23 bits per heavy atom. The summed E-state index contributed by atoms with van der Waals surface area (Å²) in [5.41, 5.74) is 0. The second-order valence-electron chi connectivity index (χ2n) is 2.54. The zero-order valence-electron chi connectivity index (χ0n) is 6.80. The summed E-state index contributed by atoms with van der Waals surface area (Å²) in [7, 11) is 1.44. The third-order valence-corrected chi connectivity index (χ3v) is 3.18. The summed E-state index contributed by atoms with van der Waals surface area (Å²) in [6.07, 6.45) is 0. The van der Waals surface area contributed by atoms with Gasteiger partial charge >= 0.3 is 0 Å². The van der Waals surface area contributed by atoms with Gasteiger partial charge < -0.3 is 4.74 Å². The van der Waals surface area contributed by atoms with Gasteiger partial charge in [-0.1, -0.05) is 11.6 Å². The third kappa shape index (κ3) is 1.28. The van der Waals surface area contributed by atoms with Gasteiger partial charge in [0.05, 0.1) is 17.5 Å². The molecular weight excluding hydrogens is 211 g/mol. The summed E-state index contributed by atoms with van der Waals surface area (Å²) >= 11 is 7.37. The molecule has 0 saturated carbocycles. The maximum absolute atomic E-state index is 13.2. The Morgan fingerprint density at radius 1 is 1.46 bits per heavy atom. The van der Waals surface area contributed by atoms with Crippen LogP contribution in [0.15, 0.2) is 17.5 Å². The van der Waals surface area contributed by atoms with Crippen molar-refractivity contribution in [1.82, 2.24) is 0 Å². The number of methoxy groups -OCH3 is 1. The average Bonchev–Trinajstić information content (AvgIpc) is 2.49. The molecule has 0 bridgehead atoms. The standard InChI is InChI=1S/C9H6ClFOS/c1-12-9-6(11)2-3-7-8(9)5(10)4-13-7/h2-4H,1H3. The highest BCUT2D eigenvalue weighted by molar-refractivity contribution is 7.17. The zero-order chi connectivity index (χ0) is 9.42. The minimum absolute atomic E-state index is 0.226. The number of rotatable bonds is 1. The lowest BCUT2D eigenvalue weighted by Gasteiger charge is -2.02. The van der Waals surface area contributed by atoms with Crippen LogP contribution in [0.4, 0.5) is 4.39 Å². The molecule has 0 amide bonds. The van der Waals surface area contributed by atoms with Crippen molar-refractivity contribution in [2.45, 2.75) is 0 Å². The monoisotopic (exact) mass is 216 g/mol. The van der Waals surface area contributed by atoms with Crippen LogP contribution in [0.1, 0.15) is 0 Å². The molecule has 1 aromatic heterocycles. The van der Waals surface area contributed by atoms with E-state index in [0.717, 1.165) is 4.70 Å². The number of hydrogen-bond donors (Lipinski definition) is 0. The van der Waals surface area contributed by atoms with Crippen molar-refractivity contribution in [3.63, 3.8) is 0 Å². The predicted octanol–water partition coefficient (Wildman–Crippen LogP) is 3.70. The Bertz CT molecular complexity index is 452. The van der Waals surface area contributed by atoms with Crippen LogP contribution < -0.4 is 4.74 Å². The van der Waals surface area contributed by atoms with Crippen molar-refractivity contribution in [3.8, 4) is 5.75 Å². The number of thiophene rings is 1. The first-order valence-corrected chi connectivity index (χ1v) is 4.89. The van der Waals surface area contributed by atoms with Gasteiger partial charge in [0.1, 0.15) is 0 Å². The average molecular weight is 217 g/mol. The van der Waals surface area contributed by atoms with Crippen LogP contribution in [0.2, 0.25) is 5.02 Å². The van der Waals surface area contributed by atoms with Crippen molar-refractivity contribution >= 4 is 33.0 Å². The molecule has 0 saturated heterocycles. The van der Waals surface area contributed by atoms with Gasteiger partial charge in [0.25, 0.3) is 0 Å². The molecule has 1 nitrogen and oxygen atoms in total. The lowest BCUT2D eigenvalue weighted by Crippen LogP contribution is -1.87. The molecule has 2 rings (SSSR count). The van der Waals surface area contributed by atoms with E-state index in [1.165, 1.54) is 24.5 Å². The van der Waals surface area contributed by atoms with Gasteiger partial charge in [-0.3, -0.25) is 0 Å². The molecule has 2 aromatic rings. The smallest absolute Gasteiger partial charge is 0.165 e. The minimum atomic E-state index is -0.379. The van der Waals surface area contributed by atoms with Crippen molar-refractivity contribution < 1.29 is 9.13 Å². The second kappa shape index (κ2) is 3.16. The van der Waals surface area contributed by atoms with E-state index in [1.807, 2.05) is 0 Å². The Labute approximate surface area is 83.7 Å². The summed E-state index contributed by atoms with van der Waals surface area (Å²) in [6, 6.07) is 3.08. The fourth-order valence-electron chi connectivity index (χ4n) is 1.24. The first-order chi connectivity index (χ1) is 6.24. The van der Waals surface area contributed by atoms with Crippen molar-refractivity contribution in [1.29, 1.82) is 0 Å². The lowest BCUT2D eigenvalue weighted by atomic mass is 10.2. The predicted molar refractivity (Wildman–Crippen MR) is 53.3 cm³/mol. The maximum atomic E-state index is 13.2. The normalized spacial score (nSPS) is 10.7. The van der Waals surface area contributed by atoms with E-state index >= 15 is 0 Å². The van der Waals surface area contributed by atoms with E-state index in [2.05, 4.69) is 0 Å². The second-order valence-corrected chi connectivity index (χ2v) is 3.86. The minimum Gasteiger partial charge on any atom is -0.493 e. The molecule has 0 spiro atoms. The first-order valence-electron chi connectivity index (χ1n) is 3.63. The topological polar surface area (TPSA) is 9.23 Å². The van der Waals surface area contributed by atoms with Crippen LogP contribution >= 0.6 is 22.9 Å². The number of benzene rings is 1. The number of ether oxygens (including phenoxy) is 1. The third-order valence-electron chi connectivity index (χ3n) is 1.80. The molecular formula is C9H6ClFOS. The van der Waals surface area contributed by atoms with Gasteiger partial charge in [0.15, 0.2) is 11.6 Å². The molecule has 0 aliphatic heterocycles. The summed E-state index contributed by atoms with van der Waals surface area (Å²) in [4.78, 5) is 0. The van der Waals surface area contributed by atoms with E-state index < -0.39 is 0 Å². The molecule has 1 heterocycles. The number of fused-ring (bicyclic) bond motifs is 1. The molecule has 0 radical (unpaired) electrons. The Kier molecular flexibility index (Phi) is 2.14. The zero-order valence-corrected chi connectivity index (χ0v) is 8.38. The molecule has 4 heteroatoms. The largest absolute Gasteiger partial charge is 0.493 e. The maximum Gasteiger partial charge on any atom is 0.165 e. The Hall–Kier alpha value is -0.800. The van der Waals surface area contributed by atoms with Crippen LogP contribution in [0.5, 0.6) is 5.75 Å². The van der Waals surface area contributed by atoms with Gasteiger partial charge in [0.2, 0.25) is 0 Å². The summed E-state index contributed by atoms with van der Waals surface area (Å²) in [5.74, 6) is -0.154. The van der Waals surface area contributed by atoms with E-state index in [-0.39, 0.29) is 11.6 Å². The Balaban J connectivity index is 2.88. The highest BCUT2D eigenvalue weighted by Gasteiger charge is 2.12. The van der Waals surface area contributed by atoms with Crippen LogP contribution in [-0.4, -0.2) is 7.11 Å². The van der Waals surface area contributed by atoms with Gasteiger partial charge in [0, 0.05) is 10.1 Å². The molecule has 0 unspecified atom stereocenters. The summed E-state index contributed by atoms with van der Waals surface area (Å²) < 4.78 is 19.1. The van der Waals surface area contributed by atoms with Gasteiger partial charge in [-0.15, -0.1) is 11.3 Å². The van der Waals surface area contributed by atoms with E-state index in [9.17, 15) is 4.39 Å². The number of halogens is 2. The molecule has 0 fully saturated rings. The molecule has 68 valence electrons. The van der Waals surface area contributed by atoms with Gasteiger partial charge in [-0.05, 0) is 12.1 Å². The molecule has 1 aromatic carbocycles. The van der Waals surface area contributed by atoms with Crippen LogP contribution in [-0.2, 0) is 0 Å². The van der Waals surface area contributed by atoms with Crippen molar-refractivity contribution in [3.05, 3.63) is 28.4 Å². The van der Waals surface area contributed by atoms with E-state index in [0.29, 0.717) is 10.4 Å². The van der Waals surface area contributed by atoms with Crippen molar-refractivity contribution in [2.24, 2.45) is 0 Å².